The molecule has 1 heterocycles. The van der Waals surface area contributed by atoms with E-state index in [2.05, 4.69) is 10.3 Å². The molecule has 0 aliphatic rings. The molecule has 0 aliphatic heterocycles. The van der Waals surface area contributed by atoms with Gasteiger partial charge < -0.3 is 5.11 Å². The smallest absolute Gasteiger partial charge is 0.410 e. The van der Waals surface area contributed by atoms with Crippen LogP contribution in [0.2, 0.25) is 0 Å². The van der Waals surface area contributed by atoms with Crippen LogP contribution in [-0.4, -0.2) is 20.8 Å². The van der Waals surface area contributed by atoms with Gasteiger partial charge in [-0.1, -0.05) is 18.2 Å². The fourth-order valence-electron chi connectivity index (χ4n) is 1.55. The number of imidazole rings is 1. The number of amides is 1. The largest absolute Gasteiger partial charge is 0.465 e. The highest BCUT2D eigenvalue weighted by atomic mass is 16.4. The molecule has 1 aromatic heterocycles. The summed E-state index contributed by atoms with van der Waals surface area (Å²) in [6.45, 7) is 1.82. The first kappa shape index (κ1) is 10.2. The zero-order chi connectivity index (χ0) is 11.5. The van der Waals surface area contributed by atoms with Crippen LogP contribution in [0.3, 0.4) is 0 Å². The van der Waals surface area contributed by atoms with Crippen molar-refractivity contribution in [1.29, 1.82) is 0 Å². The lowest BCUT2D eigenvalue weighted by Crippen LogP contribution is -2.11. The first-order chi connectivity index (χ1) is 7.68. The van der Waals surface area contributed by atoms with Crippen molar-refractivity contribution < 1.29 is 9.90 Å². The Hall–Kier alpha value is -2.30. The first-order valence-corrected chi connectivity index (χ1v) is 4.78. The molecule has 0 saturated heterocycles. The molecule has 1 amide bonds. The fourth-order valence-corrected chi connectivity index (χ4v) is 1.55. The Morgan fingerprint density at radius 1 is 1.38 bits per heavy atom. The van der Waals surface area contributed by atoms with Crippen molar-refractivity contribution in [3.63, 3.8) is 0 Å². The zero-order valence-electron chi connectivity index (χ0n) is 8.71. The van der Waals surface area contributed by atoms with Crippen molar-refractivity contribution in [3.8, 4) is 5.69 Å². The van der Waals surface area contributed by atoms with Crippen LogP contribution in [0.1, 0.15) is 5.82 Å². The third kappa shape index (κ3) is 1.88. The van der Waals surface area contributed by atoms with Gasteiger partial charge in [-0.15, -0.1) is 0 Å². The minimum Gasteiger partial charge on any atom is -0.465 e. The molecular formula is C11H11N3O2. The van der Waals surface area contributed by atoms with E-state index in [0.717, 1.165) is 11.5 Å². The second kappa shape index (κ2) is 4.06. The van der Waals surface area contributed by atoms with Crippen LogP contribution in [0.5, 0.6) is 0 Å². The van der Waals surface area contributed by atoms with Crippen LogP contribution in [0.4, 0.5) is 10.6 Å². The van der Waals surface area contributed by atoms with Gasteiger partial charge in [0.25, 0.3) is 0 Å². The van der Waals surface area contributed by atoms with E-state index in [-0.39, 0.29) is 0 Å². The van der Waals surface area contributed by atoms with E-state index in [1.165, 1.54) is 6.20 Å². The van der Waals surface area contributed by atoms with E-state index in [4.69, 9.17) is 5.11 Å². The molecule has 0 radical (unpaired) electrons. The molecule has 0 saturated carbocycles. The molecule has 0 bridgehead atoms. The Balaban J connectivity index is 2.47. The molecule has 0 atom stereocenters. The lowest BCUT2D eigenvalue weighted by Gasteiger charge is -2.09. The van der Waals surface area contributed by atoms with Gasteiger partial charge in [-0.05, 0) is 19.1 Å². The molecular weight excluding hydrogens is 206 g/mol. The number of carboxylic acid groups (broad SMARTS) is 1. The highest BCUT2D eigenvalue weighted by molar-refractivity contribution is 5.82. The molecule has 2 rings (SSSR count). The van der Waals surface area contributed by atoms with Crippen molar-refractivity contribution in [2.45, 2.75) is 6.92 Å². The Bertz CT molecular complexity index is 505. The first-order valence-electron chi connectivity index (χ1n) is 4.78. The van der Waals surface area contributed by atoms with Crippen molar-refractivity contribution >= 4 is 11.9 Å². The van der Waals surface area contributed by atoms with E-state index < -0.39 is 6.09 Å². The molecule has 0 fully saturated rings. The molecule has 82 valence electrons. The van der Waals surface area contributed by atoms with Gasteiger partial charge in [0.2, 0.25) is 0 Å². The van der Waals surface area contributed by atoms with E-state index >= 15 is 0 Å². The molecule has 16 heavy (non-hydrogen) atoms. The second-order valence-corrected chi connectivity index (χ2v) is 3.29. The van der Waals surface area contributed by atoms with Crippen molar-refractivity contribution in [2.24, 2.45) is 0 Å². The number of hydrogen-bond donors (Lipinski definition) is 2. The number of hydrogen-bond acceptors (Lipinski definition) is 2. The Morgan fingerprint density at radius 3 is 2.69 bits per heavy atom. The van der Waals surface area contributed by atoms with E-state index in [0.29, 0.717) is 5.82 Å². The van der Waals surface area contributed by atoms with Gasteiger partial charge >= 0.3 is 6.09 Å². The summed E-state index contributed by atoms with van der Waals surface area (Å²) in [4.78, 5) is 14.7. The number of aryl methyl sites for hydroxylation is 1. The van der Waals surface area contributed by atoms with E-state index in [9.17, 15) is 4.79 Å². The SMILES string of the molecule is Cc1ncc(NC(=O)O)n1-c1ccccc1. The summed E-state index contributed by atoms with van der Waals surface area (Å²) in [5.74, 6) is 1.17. The number of carbonyl (C=O) groups is 1. The minimum absolute atomic E-state index is 0.441. The number of nitrogens with one attached hydrogen (secondary N) is 1. The minimum atomic E-state index is -1.10. The lowest BCUT2D eigenvalue weighted by molar-refractivity contribution is 0.209. The van der Waals surface area contributed by atoms with Crippen molar-refractivity contribution in [3.05, 3.63) is 42.4 Å². The van der Waals surface area contributed by atoms with E-state index in [1.54, 1.807) is 4.57 Å². The Morgan fingerprint density at radius 2 is 2.06 bits per heavy atom. The molecule has 0 aliphatic carbocycles. The summed E-state index contributed by atoms with van der Waals surface area (Å²) >= 11 is 0. The number of aromatic nitrogens is 2. The normalized spacial score (nSPS) is 10.1. The summed E-state index contributed by atoms with van der Waals surface area (Å²) in [7, 11) is 0. The summed E-state index contributed by atoms with van der Waals surface area (Å²) in [6, 6.07) is 9.46. The quantitative estimate of drug-likeness (QED) is 0.810. The molecule has 5 heteroatoms. The van der Waals surface area contributed by atoms with Crippen LogP contribution in [-0.2, 0) is 0 Å². The predicted octanol–water partition coefficient (Wildman–Crippen LogP) is 2.27. The van der Waals surface area contributed by atoms with Gasteiger partial charge in [-0.3, -0.25) is 9.88 Å². The van der Waals surface area contributed by atoms with Crippen LogP contribution in [0, 0.1) is 6.92 Å². The molecule has 0 unspecified atom stereocenters. The highest BCUT2D eigenvalue weighted by Crippen LogP contribution is 2.18. The molecule has 2 aromatic rings. The average molecular weight is 217 g/mol. The Kier molecular flexibility index (Phi) is 2.59. The summed E-state index contributed by atoms with van der Waals surface area (Å²) in [5, 5.41) is 11.0. The monoisotopic (exact) mass is 217 g/mol. The molecule has 5 nitrogen and oxygen atoms in total. The van der Waals surface area contributed by atoms with Gasteiger partial charge in [-0.25, -0.2) is 9.78 Å². The van der Waals surface area contributed by atoms with Crippen molar-refractivity contribution in [2.75, 3.05) is 5.32 Å². The third-order valence-corrected chi connectivity index (χ3v) is 2.19. The van der Waals surface area contributed by atoms with Crippen LogP contribution in [0.25, 0.3) is 5.69 Å². The van der Waals surface area contributed by atoms with Crippen LogP contribution in [0.15, 0.2) is 36.5 Å². The van der Waals surface area contributed by atoms with Gasteiger partial charge in [0.1, 0.15) is 11.6 Å². The Labute approximate surface area is 92.4 Å². The topological polar surface area (TPSA) is 67.2 Å². The standard InChI is InChI=1S/C11H11N3O2/c1-8-12-7-10(13-11(15)16)14(8)9-5-3-2-4-6-9/h2-7,13H,1H3,(H,15,16). The maximum absolute atomic E-state index is 10.6. The van der Waals surface area contributed by atoms with Crippen LogP contribution < -0.4 is 5.32 Å². The fraction of sp³-hybridized carbons (Fsp3) is 0.0909. The maximum Gasteiger partial charge on any atom is 0.410 e. The molecule has 2 N–H and O–H groups in total. The number of nitrogens with zero attached hydrogens (tertiary/aromatic N) is 2. The maximum atomic E-state index is 10.6. The zero-order valence-corrected chi connectivity index (χ0v) is 8.71. The van der Waals surface area contributed by atoms with Gasteiger partial charge in [-0.2, -0.15) is 0 Å². The predicted molar refractivity (Wildman–Crippen MR) is 59.9 cm³/mol. The number of rotatable bonds is 2. The second-order valence-electron chi connectivity index (χ2n) is 3.29. The summed E-state index contributed by atoms with van der Waals surface area (Å²) in [5.41, 5.74) is 0.876. The van der Waals surface area contributed by atoms with Crippen LogP contribution >= 0.6 is 0 Å². The summed E-state index contributed by atoms with van der Waals surface area (Å²) < 4.78 is 1.74. The summed E-state index contributed by atoms with van der Waals surface area (Å²) in [6.07, 6.45) is 0.397. The molecule has 1 aromatic carbocycles. The number of para-hydroxylation sites is 1. The van der Waals surface area contributed by atoms with Gasteiger partial charge in [0.15, 0.2) is 0 Å². The van der Waals surface area contributed by atoms with E-state index in [1.807, 2.05) is 37.3 Å². The number of benzene rings is 1. The van der Waals surface area contributed by atoms with Gasteiger partial charge in [0, 0.05) is 5.69 Å². The van der Waals surface area contributed by atoms with Crippen molar-refractivity contribution in [1.82, 2.24) is 9.55 Å². The third-order valence-electron chi connectivity index (χ3n) is 2.19. The number of anilines is 1. The molecule has 0 spiro atoms. The lowest BCUT2D eigenvalue weighted by atomic mass is 10.3. The van der Waals surface area contributed by atoms with Gasteiger partial charge in [0.05, 0.1) is 6.20 Å². The average Bonchev–Trinajstić information content (AvgIpc) is 2.60. The highest BCUT2D eigenvalue weighted by Gasteiger charge is 2.09.